The van der Waals surface area contributed by atoms with Gasteiger partial charge in [0.05, 0.1) is 0 Å². The fourth-order valence-electron chi connectivity index (χ4n) is 1.81. The van der Waals surface area contributed by atoms with Gasteiger partial charge in [-0.1, -0.05) is 52.9 Å². The summed E-state index contributed by atoms with van der Waals surface area (Å²) >= 11 is 0. The van der Waals surface area contributed by atoms with Gasteiger partial charge in [0.1, 0.15) is 6.17 Å². The summed E-state index contributed by atoms with van der Waals surface area (Å²) < 4.78 is 13.1. The van der Waals surface area contributed by atoms with Crippen LogP contribution in [0, 0.1) is 5.92 Å². The predicted molar refractivity (Wildman–Crippen MR) is 67.8 cm³/mol. The maximum absolute atomic E-state index is 13.1. The summed E-state index contributed by atoms with van der Waals surface area (Å²) in [6.07, 6.45) is 7.06. The molecule has 2 unspecified atom stereocenters. The van der Waals surface area contributed by atoms with Crippen molar-refractivity contribution >= 4 is 0 Å². The molecule has 2 heteroatoms. The Kier molecular flexibility index (Phi) is 16.0. The van der Waals surface area contributed by atoms with Crippen molar-refractivity contribution in [3.8, 4) is 0 Å². The van der Waals surface area contributed by atoms with Crippen LogP contribution in [0.15, 0.2) is 0 Å². The van der Waals surface area contributed by atoms with E-state index in [9.17, 15) is 4.39 Å². The Hall–Kier alpha value is -0.110. The first kappa shape index (κ1) is 17.3. The number of hydrogen-bond acceptors (Lipinski definition) is 1. The van der Waals surface area contributed by atoms with Crippen LogP contribution < -0.4 is 5.73 Å². The monoisotopic (exact) mass is 219 g/mol. The van der Waals surface area contributed by atoms with Crippen molar-refractivity contribution in [2.24, 2.45) is 11.7 Å². The maximum Gasteiger partial charge on any atom is 0.100 e. The molecule has 15 heavy (non-hydrogen) atoms. The highest BCUT2D eigenvalue weighted by molar-refractivity contribution is 4.64. The van der Waals surface area contributed by atoms with E-state index in [0.29, 0.717) is 12.3 Å². The van der Waals surface area contributed by atoms with Gasteiger partial charge in [0.2, 0.25) is 0 Å². The van der Waals surface area contributed by atoms with E-state index in [1.807, 2.05) is 6.92 Å². The molecule has 0 amide bonds. The lowest BCUT2D eigenvalue weighted by atomic mass is 9.91. The van der Waals surface area contributed by atoms with Crippen LogP contribution in [0.5, 0.6) is 0 Å². The maximum atomic E-state index is 13.1. The smallest absolute Gasteiger partial charge is 0.100 e. The Bertz CT molecular complexity index is 107. The summed E-state index contributed by atoms with van der Waals surface area (Å²) in [5.41, 5.74) is 4.50. The number of halogens is 1. The third kappa shape index (κ3) is 11.8. The standard InChI is InChI=1S/C12H25F.CH5N/c1-4-7-9-11(8-5-2)10-12(13)6-3;1-2/h11-12H,4-10H2,1-3H3;2H2,1H3. The van der Waals surface area contributed by atoms with E-state index in [-0.39, 0.29) is 0 Å². The average molecular weight is 219 g/mol. The summed E-state index contributed by atoms with van der Waals surface area (Å²) in [6.45, 7) is 6.33. The number of alkyl halides is 1. The fraction of sp³-hybridized carbons (Fsp3) is 1.00. The molecule has 2 atom stereocenters. The van der Waals surface area contributed by atoms with Crippen LogP contribution in [-0.2, 0) is 0 Å². The topological polar surface area (TPSA) is 26.0 Å². The Morgan fingerprint density at radius 3 is 2.00 bits per heavy atom. The molecular formula is C13H30FN. The lowest BCUT2D eigenvalue weighted by molar-refractivity contribution is 0.243. The van der Waals surface area contributed by atoms with Crippen LogP contribution >= 0.6 is 0 Å². The van der Waals surface area contributed by atoms with Crippen molar-refractivity contribution < 1.29 is 4.39 Å². The van der Waals surface area contributed by atoms with Crippen LogP contribution in [0.25, 0.3) is 0 Å². The highest BCUT2D eigenvalue weighted by Crippen LogP contribution is 2.22. The van der Waals surface area contributed by atoms with Gasteiger partial charge in [-0.3, -0.25) is 0 Å². The summed E-state index contributed by atoms with van der Waals surface area (Å²) in [6, 6.07) is 0. The van der Waals surface area contributed by atoms with E-state index >= 15 is 0 Å². The average Bonchev–Trinajstić information content (AvgIpc) is 2.28. The van der Waals surface area contributed by atoms with Crippen LogP contribution in [-0.4, -0.2) is 13.2 Å². The molecule has 0 aliphatic rings. The minimum atomic E-state index is -0.562. The molecule has 0 heterocycles. The van der Waals surface area contributed by atoms with Gasteiger partial charge in [0, 0.05) is 0 Å². The molecule has 0 aliphatic heterocycles. The molecule has 0 spiro atoms. The molecule has 0 rings (SSSR count). The molecule has 0 aromatic carbocycles. The number of hydrogen-bond donors (Lipinski definition) is 1. The molecule has 1 nitrogen and oxygen atoms in total. The highest BCUT2D eigenvalue weighted by atomic mass is 19.1. The van der Waals surface area contributed by atoms with Crippen molar-refractivity contribution in [2.75, 3.05) is 7.05 Å². The summed E-state index contributed by atoms with van der Waals surface area (Å²) in [5.74, 6) is 0.639. The van der Waals surface area contributed by atoms with Gasteiger partial charge in [0.15, 0.2) is 0 Å². The van der Waals surface area contributed by atoms with Gasteiger partial charge in [0.25, 0.3) is 0 Å². The molecule has 0 fully saturated rings. The Labute approximate surface area is 95.6 Å². The third-order valence-electron chi connectivity index (χ3n) is 2.69. The van der Waals surface area contributed by atoms with Crippen molar-refractivity contribution in [2.45, 2.75) is 71.9 Å². The third-order valence-corrected chi connectivity index (χ3v) is 2.69. The Morgan fingerprint density at radius 2 is 1.60 bits per heavy atom. The van der Waals surface area contributed by atoms with Gasteiger partial charge in [-0.25, -0.2) is 4.39 Å². The Morgan fingerprint density at radius 1 is 1.00 bits per heavy atom. The van der Waals surface area contributed by atoms with Gasteiger partial charge in [-0.05, 0) is 25.8 Å². The normalized spacial score (nSPS) is 14.0. The summed E-state index contributed by atoms with van der Waals surface area (Å²) in [7, 11) is 1.50. The Balaban J connectivity index is 0. The highest BCUT2D eigenvalue weighted by Gasteiger charge is 2.13. The van der Waals surface area contributed by atoms with Crippen LogP contribution in [0.3, 0.4) is 0 Å². The van der Waals surface area contributed by atoms with E-state index < -0.39 is 6.17 Å². The lowest BCUT2D eigenvalue weighted by Crippen LogP contribution is -2.08. The zero-order valence-corrected chi connectivity index (χ0v) is 11.1. The van der Waals surface area contributed by atoms with Gasteiger partial charge in [-0.15, -0.1) is 0 Å². The molecular weight excluding hydrogens is 189 g/mol. The molecule has 94 valence electrons. The predicted octanol–water partition coefficient (Wildman–Crippen LogP) is 4.31. The molecule has 2 N–H and O–H groups in total. The van der Waals surface area contributed by atoms with E-state index in [1.54, 1.807) is 0 Å². The van der Waals surface area contributed by atoms with Gasteiger partial charge in [-0.2, -0.15) is 0 Å². The molecule has 0 bridgehead atoms. The second kappa shape index (κ2) is 13.9. The minimum Gasteiger partial charge on any atom is -0.333 e. The van der Waals surface area contributed by atoms with Crippen molar-refractivity contribution in [1.82, 2.24) is 0 Å². The molecule has 0 aromatic heterocycles. The fourth-order valence-corrected chi connectivity index (χ4v) is 1.81. The first-order chi connectivity index (χ1) is 7.24. The van der Waals surface area contributed by atoms with Crippen molar-refractivity contribution in [1.29, 1.82) is 0 Å². The number of rotatable bonds is 8. The number of unbranched alkanes of at least 4 members (excludes halogenated alkanes) is 1. The lowest BCUT2D eigenvalue weighted by Gasteiger charge is -2.17. The zero-order valence-electron chi connectivity index (χ0n) is 11.1. The second-order valence-corrected chi connectivity index (χ2v) is 4.04. The first-order valence-corrected chi connectivity index (χ1v) is 6.46. The molecule has 0 aromatic rings. The van der Waals surface area contributed by atoms with Crippen LogP contribution in [0.1, 0.15) is 65.7 Å². The first-order valence-electron chi connectivity index (χ1n) is 6.46. The van der Waals surface area contributed by atoms with Crippen LogP contribution in [0.2, 0.25) is 0 Å². The second-order valence-electron chi connectivity index (χ2n) is 4.04. The molecule has 0 radical (unpaired) electrons. The molecule has 0 saturated heterocycles. The molecule has 0 saturated carbocycles. The zero-order chi connectivity index (χ0) is 12.1. The SMILES string of the molecule is CCCCC(CCC)CC(F)CC.CN. The quantitative estimate of drug-likeness (QED) is 0.647. The summed E-state index contributed by atoms with van der Waals surface area (Å²) in [4.78, 5) is 0. The van der Waals surface area contributed by atoms with E-state index in [2.05, 4.69) is 19.6 Å². The molecule has 0 aliphatic carbocycles. The largest absolute Gasteiger partial charge is 0.333 e. The minimum absolute atomic E-state index is 0.562. The van der Waals surface area contributed by atoms with E-state index in [1.165, 1.54) is 39.2 Å². The van der Waals surface area contributed by atoms with Gasteiger partial charge < -0.3 is 5.73 Å². The van der Waals surface area contributed by atoms with E-state index in [4.69, 9.17) is 0 Å². The van der Waals surface area contributed by atoms with Crippen LogP contribution in [0.4, 0.5) is 4.39 Å². The van der Waals surface area contributed by atoms with Crippen molar-refractivity contribution in [3.63, 3.8) is 0 Å². The summed E-state index contributed by atoms with van der Waals surface area (Å²) in [5, 5.41) is 0. The van der Waals surface area contributed by atoms with E-state index in [0.717, 1.165) is 6.42 Å². The van der Waals surface area contributed by atoms with Gasteiger partial charge >= 0.3 is 0 Å². The van der Waals surface area contributed by atoms with Crippen molar-refractivity contribution in [3.05, 3.63) is 0 Å². The number of nitrogens with two attached hydrogens (primary N) is 1.